The molecular formula is C15H21N6O11P3. The molecule has 0 spiro atoms. The molecule has 7 N–H and O–H groups in total. The lowest BCUT2D eigenvalue weighted by Gasteiger charge is -2.19. The van der Waals surface area contributed by atoms with Crippen LogP contribution in [0, 0.1) is 5.92 Å². The zero-order valence-corrected chi connectivity index (χ0v) is 20.5. The molecule has 0 amide bonds. The SMILES string of the molecule is CC1CC(COP(=O)(O)OP(=O)(O)OP(=O)(O)O)OC1n1cc(-c2ccn[nH]2)c2c(N)ncnc21. The summed E-state index contributed by atoms with van der Waals surface area (Å²) in [5.41, 5.74) is 7.92. The molecule has 3 aromatic rings. The first-order valence-electron chi connectivity index (χ1n) is 9.79. The number of nitrogens with one attached hydrogen (secondary N) is 1. The van der Waals surface area contributed by atoms with Crippen LogP contribution < -0.4 is 5.73 Å². The number of rotatable bonds is 9. The highest BCUT2D eigenvalue weighted by molar-refractivity contribution is 7.66. The van der Waals surface area contributed by atoms with Gasteiger partial charge in [0, 0.05) is 23.9 Å². The molecule has 1 saturated heterocycles. The van der Waals surface area contributed by atoms with Crippen LogP contribution in [0.3, 0.4) is 0 Å². The normalized spacial score (nSPS) is 24.4. The zero-order chi connectivity index (χ0) is 25.6. The number of ether oxygens (including phenoxy) is 1. The summed E-state index contributed by atoms with van der Waals surface area (Å²) in [5, 5.41) is 7.37. The lowest BCUT2D eigenvalue weighted by Crippen LogP contribution is -2.17. The van der Waals surface area contributed by atoms with E-state index in [0.717, 1.165) is 0 Å². The molecule has 1 aliphatic rings. The predicted octanol–water partition coefficient (Wildman–Crippen LogP) is 1.67. The van der Waals surface area contributed by atoms with E-state index in [9.17, 15) is 23.5 Å². The number of anilines is 1. The van der Waals surface area contributed by atoms with Gasteiger partial charge in [0.1, 0.15) is 24.0 Å². The fourth-order valence-corrected chi connectivity index (χ4v) is 6.81. The number of hydrogen-bond acceptors (Lipinski definition) is 11. The van der Waals surface area contributed by atoms with Gasteiger partial charge in [0.15, 0.2) is 0 Å². The van der Waals surface area contributed by atoms with Crippen LogP contribution >= 0.6 is 23.5 Å². The number of aromatic nitrogens is 5. The first-order valence-corrected chi connectivity index (χ1v) is 14.3. The lowest BCUT2D eigenvalue weighted by molar-refractivity contribution is -0.0287. The van der Waals surface area contributed by atoms with Crippen LogP contribution in [0.25, 0.3) is 22.3 Å². The first-order chi connectivity index (χ1) is 16.2. The minimum absolute atomic E-state index is 0.147. The summed E-state index contributed by atoms with van der Waals surface area (Å²) in [7, 11) is -16.3. The summed E-state index contributed by atoms with van der Waals surface area (Å²) in [6.45, 7) is 1.32. The van der Waals surface area contributed by atoms with Gasteiger partial charge in [-0.1, -0.05) is 6.92 Å². The van der Waals surface area contributed by atoms with Crippen LogP contribution in [0.5, 0.6) is 0 Å². The van der Waals surface area contributed by atoms with Crippen molar-refractivity contribution < 1.29 is 51.2 Å². The molecule has 192 valence electrons. The molecule has 1 aliphatic heterocycles. The molecule has 5 unspecified atom stereocenters. The van der Waals surface area contributed by atoms with Gasteiger partial charge in [-0.05, 0) is 12.5 Å². The third-order valence-corrected chi connectivity index (χ3v) is 8.80. The fourth-order valence-electron chi connectivity index (χ4n) is 3.76. The van der Waals surface area contributed by atoms with Crippen molar-refractivity contribution in [3.8, 4) is 11.3 Å². The average Bonchev–Trinajstić information content (AvgIpc) is 3.42. The molecular weight excluding hydrogens is 533 g/mol. The predicted molar refractivity (Wildman–Crippen MR) is 117 cm³/mol. The molecule has 0 aliphatic carbocycles. The smallest absolute Gasteiger partial charge is 0.383 e. The van der Waals surface area contributed by atoms with Crippen LogP contribution in [0.1, 0.15) is 19.6 Å². The number of nitrogen functional groups attached to an aromatic ring is 1. The Hall–Kier alpha value is -2.00. The van der Waals surface area contributed by atoms with Gasteiger partial charge in [0.05, 0.1) is 23.8 Å². The van der Waals surface area contributed by atoms with Crippen LogP contribution in [0.4, 0.5) is 5.82 Å². The van der Waals surface area contributed by atoms with Crippen molar-refractivity contribution in [3.63, 3.8) is 0 Å². The number of phosphoric acid groups is 3. The van der Waals surface area contributed by atoms with E-state index < -0.39 is 42.4 Å². The number of aromatic amines is 1. The highest BCUT2D eigenvalue weighted by atomic mass is 31.3. The molecule has 5 atom stereocenters. The Balaban J connectivity index is 1.50. The summed E-state index contributed by atoms with van der Waals surface area (Å²) >= 11 is 0. The minimum Gasteiger partial charge on any atom is -0.383 e. The first kappa shape index (κ1) is 26.1. The van der Waals surface area contributed by atoms with E-state index >= 15 is 0 Å². The van der Waals surface area contributed by atoms with Crippen molar-refractivity contribution in [2.45, 2.75) is 25.7 Å². The Morgan fingerprint density at radius 3 is 2.60 bits per heavy atom. The number of nitrogens with zero attached hydrogens (tertiary/aromatic N) is 4. The van der Waals surface area contributed by atoms with E-state index in [1.54, 1.807) is 23.0 Å². The molecule has 35 heavy (non-hydrogen) atoms. The molecule has 0 aromatic carbocycles. The van der Waals surface area contributed by atoms with E-state index in [0.29, 0.717) is 28.7 Å². The van der Waals surface area contributed by atoms with E-state index in [1.165, 1.54) is 6.33 Å². The average molecular weight is 554 g/mol. The van der Waals surface area contributed by atoms with Crippen LogP contribution in [0.2, 0.25) is 0 Å². The van der Waals surface area contributed by atoms with Crippen molar-refractivity contribution in [3.05, 3.63) is 24.8 Å². The molecule has 0 saturated carbocycles. The minimum atomic E-state index is -5.60. The summed E-state index contributed by atoms with van der Waals surface area (Å²) in [6, 6.07) is 1.75. The molecule has 4 heterocycles. The summed E-state index contributed by atoms with van der Waals surface area (Å²) < 4.78 is 54.0. The molecule has 20 heteroatoms. The molecule has 17 nitrogen and oxygen atoms in total. The van der Waals surface area contributed by atoms with Gasteiger partial charge in [0.2, 0.25) is 0 Å². The second kappa shape index (κ2) is 9.47. The van der Waals surface area contributed by atoms with Crippen LogP contribution in [-0.4, -0.2) is 57.0 Å². The van der Waals surface area contributed by atoms with Crippen molar-refractivity contribution >= 4 is 40.3 Å². The van der Waals surface area contributed by atoms with E-state index in [4.69, 9.17) is 24.8 Å². The van der Waals surface area contributed by atoms with Gasteiger partial charge in [-0.2, -0.15) is 13.7 Å². The number of nitrogens with two attached hydrogens (primary N) is 1. The quantitative estimate of drug-likeness (QED) is 0.206. The van der Waals surface area contributed by atoms with Crippen molar-refractivity contribution in [2.75, 3.05) is 12.3 Å². The Morgan fingerprint density at radius 1 is 1.20 bits per heavy atom. The van der Waals surface area contributed by atoms with E-state index in [-0.39, 0.29) is 11.7 Å². The number of phosphoric ester groups is 1. The summed E-state index contributed by atoms with van der Waals surface area (Å²) in [6.07, 6.45) is 3.63. The number of hydrogen-bond donors (Lipinski definition) is 6. The maximum Gasteiger partial charge on any atom is 0.490 e. The Morgan fingerprint density at radius 2 is 1.94 bits per heavy atom. The fraction of sp³-hybridized carbons (Fsp3) is 0.400. The van der Waals surface area contributed by atoms with Gasteiger partial charge in [0.25, 0.3) is 0 Å². The molecule has 3 aromatic heterocycles. The van der Waals surface area contributed by atoms with Crippen molar-refractivity contribution in [2.24, 2.45) is 5.92 Å². The van der Waals surface area contributed by atoms with Gasteiger partial charge < -0.3 is 34.6 Å². The van der Waals surface area contributed by atoms with Gasteiger partial charge in [-0.3, -0.25) is 9.62 Å². The topological polar surface area (TPSA) is 254 Å². The van der Waals surface area contributed by atoms with Crippen LogP contribution in [0.15, 0.2) is 24.8 Å². The van der Waals surface area contributed by atoms with Gasteiger partial charge in [-0.15, -0.1) is 0 Å². The van der Waals surface area contributed by atoms with Gasteiger partial charge >= 0.3 is 23.5 Å². The molecule has 0 bridgehead atoms. The monoisotopic (exact) mass is 554 g/mol. The lowest BCUT2D eigenvalue weighted by atomic mass is 10.1. The highest BCUT2D eigenvalue weighted by Crippen LogP contribution is 2.66. The molecule has 0 radical (unpaired) electrons. The van der Waals surface area contributed by atoms with Crippen molar-refractivity contribution in [1.29, 1.82) is 0 Å². The summed E-state index contributed by atoms with van der Waals surface area (Å²) in [5.74, 6) is 0.0964. The third kappa shape index (κ3) is 6.05. The standard InChI is InChI=1S/C15H21N6O11P3/c1-8-4-9(6-29-34(25,26)32-35(27,28)31-33(22,23)24)30-15(8)21-5-10(11-2-3-19-20-11)12-13(16)17-7-18-14(12)21/h2-3,5,7-9,15H,4,6H2,1H3,(H,19,20)(H,25,26)(H,27,28)(H2,16,17,18)(H2,22,23,24). The Bertz CT molecular complexity index is 1360. The summed E-state index contributed by atoms with van der Waals surface area (Å²) in [4.78, 5) is 44.5. The van der Waals surface area contributed by atoms with Crippen molar-refractivity contribution in [1.82, 2.24) is 24.7 Å². The largest absolute Gasteiger partial charge is 0.490 e. The second-order valence-electron chi connectivity index (χ2n) is 7.63. The van der Waals surface area contributed by atoms with Crippen LogP contribution in [-0.2, 0) is 31.6 Å². The number of fused-ring (bicyclic) bond motifs is 1. The number of H-pyrrole nitrogens is 1. The maximum absolute atomic E-state index is 12.0. The molecule has 4 rings (SSSR count). The Kier molecular flexibility index (Phi) is 7.05. The second-order valence-corrected chi connectivity index (χ2v) is 12.0. The Labute approximate surface area is 196 Å². The third-order valence-electron chi connectivity index (χ3n) is 5.00. The highest BCUT2D eigenvalue weighted by Gasteiger charge is 2.42. The van der Waals surface area contributed by atoms with Gasteiger partial charge in [-0.25, -0.2) is 23.7 Å². The van der Waals surface area contributed by atoms with E-state index in [2.05, 4.69) is 28.8 Å². The van der Waals surface area contributed by atoms with E-state index in [1.807, 2.05) is 6.92 Å². The maximum atomic E-state index is 12.0. The molecule has 1 fully saturated rings. The zero-order valence-electron chi connectivity index (χ0n) is 17.8.